The quantitative estimate of drug-likeness (QED) is 0.715. The summed E-state index contributed by atoms with van der Waals surface area (Å²) in [6, 6.07) is 13.6. The van der Waals surface area contributed by atoms with Crippen molar-refractivity contribution in [1.29, 1.82) is 0 Å². The van der Waals surface area contributed by atoms with E-state index < -0.39 is 5.60 Å². The van der Waals surface area contributed by atoms with Crippen LogP contribution in [0.2, 0.25) is 0 Å². The maximum atomic E-state index is 12.6. The summed E-state index contributed by atoms with van der Waals surface area (Å²) in [7, 11) is 1.88. The number of aryl methyl sites for hydroxylation is 1. The number of carbonyl (C=O) groups is 1. The largest absolute Gasteiger partial charge is 0.360 e. The second-order valence-electron chi connectivity index (χ2n) is 6.87. The Bertz CT molecular complexity index is 990. The van der Waals surface area contributed by atoms with Crippen molar-refractivity contribution in [3.63, 3.8) is 0 Å². The van der Waals surface area contributed by atoms with E-state index in [-0.39, 0.29) is 5.91 Å². The van der Waals surface area contributed by atoms with Gasteiger partial charge in [0.2, 0.25) is 0 Å². The smallest absolute Gasteiger partial charge is 0.270 e. The summed E-state index contributed by atoms with van der Waals surface area (Å²) < 4.78 is 7.90. The summed E-state index contributed by atoms with van der Waals surface area (Å²) in [6.07, 6.45) is 3.74. The lowest BCUT2D eigenvalue weighted by atomic mass is 9.87. The summed E-state index contributed by atoms with van der Waals surface area (Å²) in [5.74, 6) is 0.739. The molecule has 6 heteroatoms. The van der Waals surface area contributed by atoms with Gasteiger partial charge in [0.1, 0.15) is 11.3 Å². The van der Waals surface area contributed by atoms with Crippen LogP contribution in [0, 0.1) is 0 Å². The van der Waals surface area contributed by atoms with Gasteiger partial charge in [-0.2, -0.15) is 0 Å². The number of nitrogens with zero attached hydrogens (tertiary/aromatic N) is 4. The first kappa shape index (κ1) is 15.3. The highest BCUT2D eigenvalue weighted by molar-refractivity contribution is 5.93. The van der Waals surface area contributed by atoms with E-state index in [1.165, 1.54) is 0 Å². The molecule has 0 bridgehead atoms. The average molecular weight is 346 g/mol. The highest BCUT2D eigenvalue weighted by Crippen LogP contribution is 2.43. The van der Waals surface area contributed by atoms with Crippen molar-refractivity contribution >= 4 is 5.91 Å². The monoisotopic (exact) mass is 346 g/mol. The van der Waals surface area contributed by atoms with Crippen molar-refractivity contribution in [3.05, 3.63) is 71.8 Å². The lowest BCUT2D eigenvalue weighted by molar-refractivity contribution is -0.126. The lowest BCUT2D eigenvalue weighted by Gasteiger charge is -2.47. The number of amides is 1. The molecule has 1 aromatic carbocycles. The van der Waals surface area contributed by atoms with Gasteiger partial charge in [-0.1, -0.05) is 30.3 Å². The summed E-state index contributed by atoms with van der Waals surface area (Å²) in [5, 5.41) is 0. The van der Waals surface area contributed by atoms with Crippen molar-refractivity contribution < 1.29 is 9.53 Å². The number of aromatic nitrogens is 3. The number of fused-ring (bicyclic) bond motifs is 2. The zero-order chi connectivity index (χ0) is 17.7. The predicted octanol–water partition coefficient (Wildman–Crippen LogP) is 2.36. The fourth-order valence-electron chi connectivity index (χ4n) is 3.74. The number of hydrogen-bond acceptors (Lipinski definition) is 4. The van der Waals surface area contributed by atoms with E-state index in [0.29, 0.717) is 31.2 Å². The molecule has 1 amide bonds. The molecule has 6 nitrogen and oxygen atoms in total. The molecule has 130 valence electrons. The summed E-state index contributed by atoms with van der Waals surface area (Å²) in [5.41, 5.74) is 3.16. The van der Waals surface area contributed by atoms with Crippen LogP contribution in [0.25, 0.3) is 11.4 Å². The Morgan fingerprint density at radius 2 is 1.96 bits per heavy atom. The van der Waals surface area contributed by atoms with Crippen molar-refractivity contribution in [2.75, 3.05) is 13.1 Å². The van der Waals surface area contributed by atoms with Crippen molar-refractivity contribution in [3.8, 4) is 11.4 Å². The average Bonchev–Trinajstić information content (AvgIpc) is 3.24. The Morgan fingerprint density at radius 1 is 1.15 bits per heavy atom. The van der Waals surface area contributed by atoms with E-state index in [9.17, 15) is 4.79 Å². The molecule has 2 aromatic heterocycles. The van der Waals surface area contributed by atoms with Gasteiger partial charge in [-0.15, -0.1) is 0 Å². The molecule has 1 saturated heterocycles. The molecule has 3 aromatic rings. The van der Waals surface area contributed by atoms with Gasteiger partial charge in [-0.25, -0.2) is 9.97 Å². The van der Waals surface area contributed by atoms with E-state index in [1.807, 2.05) is 71.4 Å². The molecule has 0 radical (unpaired) electrons. The zero-order valence-electron chi connectivity index (χ0n) is 14.4. The molecule has 0 aliphatic carbocycles. The molecule has 0 unspecified atom stereocenters. The van der Waals surface area contributed by atoms with Gasteiger partial charge in [0, 0.05) is 30.6 Å². The van der Waals surface area contributed by atoms with Crippen LogP contribution in [0.3, 0.4) is 0 Å². The van der Waals surface area contributed by atoms with Crippen LogP contribution in [0.1, 0.15) is 21.7 Å². The van der Waals surface area contributed by atoms with Crippen LogP contribution in [0.5, 0.6) is 0 Å². The van der Waals surface area contributed by atoms with Crippen LogP contribution in [0.15, 0.2) is 54.9 Å². The minimum absolute atomic E-state index is 0.0296. The third kappa shape index (κ3) is 2.19. The SMILES string of the molecule is Cn1cccc1C(=O)N1CC2(C1)OCc1nc(-c3ccccc3)ncc12. The Hall–Kier alpha value is -2.99. The minimum Gasteiger partial charge on any atom is -0.360 e. The van der Waals surface area contributed by atoms with Gasteiger partial charge >= 0.3 is 0 Å². The molecule has 2 aliphatic heterocycles. The second kappa shape index (κ2) is 5.51. The minimum atomic E-state index is -0.453. The van der Waals surface area contributed by atoms with E-state index in [4.69, 9.17) is 9.72 Å². The zero-order valence-corrected chi connectivity index (χ0v) is 14.4. The highest BCUT2D eigenvalue weighted by atomic mass is 16.5. The third-order valence-corrected chi connectivity index (χ3v) is 5.22. The van der Waals surface area contributed by atoms with E-state index in [2.05, 4.69) is 4.98 Å². The van der Waals surface area contributed by atoms with Crippen molar-refractivity contribution in [2.45, 2.75) is 12.2 Å². The van der Waals surface area contributed by atoms with Crippen LogP contribution in [0.4, 0.5) is 0 Å². The molecule has 1 spiro atoms. The predicted molar refractivity (Wildman–Crippen MR) is 95.3 cm³/mol. The number of rotatable bonds is 2. The fourth-order valence-corrected chi connectivity index (χ4v) is 3.74. The van der Waals surface area contributed by atoms with Gasteiger partial charge in [0.25, 0.3) is 5.91 Å². The maximum absolute atomic E-state index is 12.6. The maximum Gasteiger partial charge on any atom is 0.270 e. The summed E-state index contributed by atoms with van der Waals surface area (Å²) >= 11 is 0. The van der Waals surface area contributed by atoms with Gasteiger partial charge in [-0.05, 0) is 12.1 Å². The third-order valence-electron chi connectivity index (χ3n) is 5.22. The molecule has 5 rings (SSSR count). The molecule has 0 N–H and O–H groups in total. The van der Waals surface area contributed by atoms with Crippen LogP contribution >= 0.6 is 0 Å². The van der Waals surface area contributed by atoms with Gasteiger partial charge in [0.05, 0.1) is 25.4 Å². The van der Waals surface area contributed by atoms with Gasteiger partial charge in [-0.3, -0.25) is 4.79 Å². The molecule has 0 saturated carbocycles. The summed E-state index contributed by atoms with van der Waals surface area (Å²) in [4.78, 5) is 23.7. The Morgan fingerprint density at radius 3 is 2.69 bits per heavy atom. The standard InChI is InChI=1S/C20H18N4O2/c1-23-9-5-8-17(23)19(25)24-12-20(13-24)15-10-21-18(22-16(15)11-26-20)14-6-3-2-4-7-14/h2-10H,11-13H2,1H3. The molecule has 1 fully saturated rings. The molecule has 26 heavy (non-hydrogen) atoms. The number of hydrogen-bond donors (Lipinski definition) is 0. The molecule has 2 aliphatic rings. The van der Waals surface area contributed by atoms with Gasteiger partial charge in [0.15, 0.2) is 5.82 Å². The van der Waals surface area contributed by atoms with Crippen molar-refractivity contribution in [1.82, 2.24) is 19.4 Å². The van der Waals surface area contributed by atoms with Crippen LogP contribution in [-0.2, 0) is 24.0 Å². The Labute approximate surface area is 151 Å². The first-order valence-corrected chi connectivity index (χ1v) is 8.63. The molecule has 4 heterocycles. The second-order valence-corrected chi connectivity index (χ2v) is 6.87. The first-order valence-electron chi connectivity index (χ1n) is 8.63. The van der Waals surface area contributed by atoms with Gasteiger partial charge < -0.3 is 14.2 Å². The van der Waals surface area contributed by atoms with E-state index >= 15 is 0 Å². The fraction of sp³-hybridized carbons (Fsp3) is 0.250. The number of benzene rings is 1. The Kier molecular flexibility index (Phi) is 3.24. The van der Waals surface area contributed by atoms with Crippen molar-refractivity contribution in [2.24, 2.45) is 7.05 Å². The first-order chi connectivity index (χ1) is 12.7. The molecular formula is C20H18N4O2. The topological polar surface area (TPSA) is 60.2 Å². The normalized spacial score (nSPS) is 17.2. The number of carbonyl (C=O) groups excluding carboxylic acids is 1. The molecule has 0 atom stereocenters. The molecular weight excluding hydrogens is 328 g/mol. The number of likely N-dealkylation sites (tertiary alicyclic amines) is 1. The summed E-state index contributed by atoms with van der Waals surface area (Å²) in [6.45, 7) is 1.54. The lowest BCUT2D eigenvalue weighted by Crippen LogP contribution is -2.61. The number of ether oxygens (including phenoxy) is 1. The van der Waals surface area contributed by atoms with Crippen LogP contribution in [-0.4, -0.2) is 38.4 Å². The van der Waals surface area contributed by atoms with E-state index in [1.54, 1.807) is 0 Å². The highest BCUT2D eigenvalue weighted by Gasteiger charge is 2.52. The van der Waals surface area contributed by atoms with E-state index in [0.717, 1.165) is 16.8 Å². The Balaban J connectivity index is 1.38. The van der Waals surface area contributed by atoms with Crippen LogP contribution < -0.4 is 0 Å².